The summed E-state index contributed by atoms with van der Waals surface area (Å²) in [6, 6.07) is 3.84. The second-order valence-corrected chi connectivity index (χ2v) is 9.08. The van der Waals surface area contributed by atoms with Crippen molar-refractivity contribution in [3.05, 3.63) is 59.3 Å². The minimum absolute atomic E-state index is 0.0627. The third-order valence-corrected chi connectivity index (χ3v) is 6.67. The van der Waals surface area contributed by atoms with Crippen LogP contribution in [0.25, 0.3) is 0 Å². The Balaban J connectivity index is 1.19. The van der Waals surface area contributed by atoms with Crippen molar-refractivity contribution in [1.82, 2.24) is 20.1 Å². The molecular weight excluding hydrogens is 414 g/mol. The number of carbonyl (C=O) groups excluding carboxylic acids is 2. The van der Waals surface area contributed by atoms with Crippen LogP contribution < -0.4 is 10.6 Å². The van der Waals surface area contributed by atoms with Crippen LogP contribution in [-0.4, -0.2) is 71.9 Å². The Hall–Kier alpha value is -2.93. The highest BCUT2D eigenvalue weighted by atomic mass is 16.2. The molecule has 0 aromatic carbocycles. The van der Waals surface area contributed by atoms with E-state index in [0.717, 1.165) is 64.8 Å². The van der Waals surface area contributed by atoms with Crippen molar-refractivity contribution >= 4 is 17.6 Å². The first-order chi connectivity index (χ1) is 16.1. The van der Waals surface area contributed by atoms with E-state index in [-0.39, 0.29) is 17.9 Å². The second-order valence-electron chi connectivity index (χ2n) is 9.08. The maximum atomic E-state index is 12.6. The first-order valence-electron chi connectivity index (χ1n) is 12.1. The lowest BCUT2D eigenvalue weighted by Gasteiger charge is -2.32. The highest BCUT2D eigenvalue weighted by Gasteiger charge is 2.21. The van der Waals surface area contributed by atoms with Crippen molar-refractivity contribution in [2.24, 2.45) is 0 Å². The van der Waals surface area contributed by atoms with Gasteiger partial charge in [0.25, 0.3) is 5.91 Å². The van der Waals surface area contributed by atoms with Crippen LogP contribution in [0.2, 0.25) is 0 Å². The summed E-state index contributed by atoms with van der Waals surface area (Å²) >= 11 is 0. The molecule has 33 heavy (non-hydrogen) atoms. The molecule has 0 radical (unpaired) electrons. The van der Waals surface area contributed by atoms with Gasteiger partial charge in [0.05, 0.1) is 0 Å². The summed E-state index contributed by atoms with van der Waals surface area (Å²) in [5.41, 5.74) is 3.53. The third-order valence-electron chi connectivity index (χ3n) is 6.67. The highest BCUT2D eigenvalue weighted by Crippen LogP contribution is 2.22. The standard InChI is InChI=1S/C26H35N5O2/c1-20(32)31-16-10-24(11-17-31)29-25-18-22(8-13-27-25)26(33)28-12-5-14-30-15-9-21-6-3-2-4-7-23(21)19-30/h3-4,6-8,13,18,24H,2,5,9-12,14-17,19H2,1H3,(H,27,29)(H,28,33). The summed E-state index contributed by atoms with van der Waals surface area (Å²) < 4.78 is 0. The summed E-state index contributed by atoms with van der Waals surface area (Å²) in [6.45, 7) is 6.85. The molecule has 0 spiro atoms. The molecule has 2 amide bonds. The lowest BCUT2D eigenvalue weighted by Crippen LogP contribution is -2.41. The fraction of sp³-hybridized carbons (Fsp3) is 0.500. The van der Waals surface area contributed by atoms with Crippen LogP contribution in [0.5, 0.6) is 0 Å². The van der Waals surface area contributed by atoms with Crippen molar-refractivity contribution in [3.8, 4) is 0 Å². The van der Waals surface area contributed by atoms with Crippen LogP contribution in [0, 0.1) is 0 Å². The number of nitrogens with zero attached hydrogens (tertiary/aromatic N) is 3. The Labute approximate surface area is 196 Å². The summed E-state index contributed by atoms with van der Waals surface area (Å²) in [6.07, 6.45) is 15.5. The van der Waals surface area contributed by atoms with Crippen molar-refractivity contribution < 1.29 is 9.59 Å². The monoisotopic (exact) mass is 449 g/mol. The minimum atomic E-state index is -0.0627. The van der Waals surface area contributed by atoms with Crippen molar-refractivity contribution in [1.29, 1.82) is 0 Å². The molecule has 1 fully saturated rings. The molecule has 0 unspecified atom stereocenters. The van der Waals surface area contributed by atoms with Crippen LogP contribution in [0.1, 0.15) is 49.4 Å². The Morgan fingerprint density at radius 2 is 1.91 bits per heavy atom. The van der Waals surface area contributed by atoms with Gasteiger partial charge in [0.1, 0.15) is 5.82 Å². The number of carbonyl (C=O) groups is 2. The molecule has 3 aliphatic rings. The molecule has 0 atom stereocenters. The Bertz CT molecular complexity index is 944. The number of pyridine rings is 1. The van der Waals surface area contributed by atoms with Crippen LogP contribution in [0.4, 0.5) is 5.82 Å². The van der Waals surface area contributed by atoms with E-state index >= 15 is 0 Å². The number of hydrogen-bond acceptors (Lipinski definition) is 5. The van der Waals surface area contributed by atoms with Gasteiger partial charge in [-0.3, -0.25) is 14.5 Å². The van der Waals surface area contributed by atoms with E-state index in [0.29, 0.717) is 17.9 Å². The van der Waals surface area contributed by atoms with E-state index in [1.54, 1.807) is 19.2 Å². The van der Waals surface area contributed by atoms with Gasteiger partial charge in [0.15, 0.2) is 0 Å². The molecular formula is C26H35N5O2. The lowest BCUT2D eigenvalue weighted by molar-refractivity contribution is -0.129. The van der Waals surface area contributed by atoms with Gasteiger partial charge in [-0.1, -0.05) is 24.3 Å². The Morgan fingerprint density at radius 3 is 2.70 bits per heavy atom. The molecule has 2 N–H and O–H groups in total. The molecule has 176 valence electrons. The van der Waals surface area contributed by atoms with Gasteiger partial charge in [0.2, 0.25) is 5.91 Å². The molecule has 0 bridgehead atoms. The van der Waals surface area contributed by atoms with Gasteiger partial charge in [-0.15, -0.1) is 0 Å². The zero-order valence-electron chi connectivity index (χ0n) is 19.6. The summed E-state index contributed by atoms with van der Waals surface area (Å²) in [5, 5.41) is 6.47. The Kier molecular flexibility index (Phi) is 7.94. The SMILES string of the molecule is CC(=O)N1CCC(Nc2cc(C(=O)NCCCN3CCC4=C(C=CCC=C4)C3)ccn2)CC1. The molecule has 7 nitrogen and oxygen atoms in total. The maximum absolute atomic E-state index is 12.6. The highest BCUT2D eigenvalue weighted by molar-refractivity contribution is 5.94. The number of hydrogen-bond donors (Lipinski definition) is 2. The van der Waals surface area contributed by atoms with Gasteiger partial charge in [0, 0.05) is 64.0 Å². The molecule has 1 aromatic heterocycles. The maximum Gasteiger partial charge on any atom is 0.251 e. The number of amides is 2. The average molecular weight is 450 g/mol. The van der Waals surface area contributed by atoms with Gasteiger partial charge in [-0.25, -0.2) is 4.98 Å². The molecule has 1 aromatic rings. The lowest BCUT2D eigenvalue weighted by atomic mass is 10.00. The predicted molar refractivity (Wildman–Crippen MR) is 131 cm³/mol. The van der Waals surface area contributed by atoms with E-state index in [9.17, 15) is 9.59 Å². The summed E-state index contributed by atoms with van der Waals surface area (Å²) in [5.74, 6) is 0.782. The number of aromatic nitrogens is 1. The molecule has 0 saturated carbocycles. The van der Waals surface area contributed by atoms with E-state index < -0.39 is 0 Å². The number of nitrogens with one attached hydrogen (secondary N) is 2. The molecule has 7 heteroatoms. The van der Waals surface area contributed by atoms with E-state index in [1.807, 2.05) is 11.0 Å². The number of rotatable bonds is 7. The third kappa shape index (κ3) is 6.54. The zero-order valence-corrected chi connectivity index (χ0v) is 19.6. The number of piperidine rings is 1. The van der Waals surface area contributed by atoms with E-state index in [1.165, 1.54) is 11.1 Å². The van der Waals surface area contributed by atoms with Gasteiger partial charge >= 0.3 is 0 Å². The fourth-order valence-corrected chi connectivity index (χ4v) is 4.71. The topological polar surface area (TPSA) is 77.6 Å². The summed E-state index contributed by atoms with van der Waals surface area (Å²) in [7, 11) is 0. The second kappa shape index (κ2) is 11.3. The largest absolute Gasteiger partial charge is 0.367 e. The Morgan fingerprint density at radius 1 is 1.12 bits per heavy atom. The number of allylic oxidation sites excluding steroid dienone is 3. The predicted octanol–water partition coefficient (Wildman–Crippen LogP) is 3.14. The van der Waals surface area contributed by atoms with Gasteiger partial charge in [-0.05, 0) is 55.4 Å². The molecule has 4 rings (SSSR count). The normalized spacial score (nSPS) is 19.2. The number of likely N-dealkylation sites (tertiary alicyclic amines) is 1. The van der Waals surface area contributed by atoms with E-state index in [2.05, 4.69) is 44.8 Å². The molecule has 1 saturated heterocycles. The van der Waals surface area contributed by atoms with Crippen LogP contribution in [0.3, 0.4) is 0 Å². The molecule has 1 aliphatic carbocycles. The fourth-order valence-electron chi connectivity index (χ4n) is 4.71. The summed E-state index contributed by atoms with van der Waals surface area (Å²) in [4.78, 5) is 32.8. The zero-order chi connectivity index (χ0) is 23.0. The van der Waals surface area contributed by atoms with Crippen LogP contribution in [0.15, 0.2) is 53.8 Å². The van der Waals surface area contributed by atoms with Gasteiger partial charge in [-0.2, -0.15) is 0 Å². The van der Waals surface area contributed by atoms with Gasteiger partial charge < -0.3 is 15.5 Å². The van der Waals surface area contributed by atoms with Crippen molar-refractivity contribution in [3.63, 3.8) is 0 Å². The first kappa shape index (κ1) is 23.2. The van der Waals surface area contributed by atoms with Crippen LogP contribution in [-0.2, 0) is 4.79 Å². The van der Waals surface area contributed by atoms with Crippen molar-refractivity contribution in [2.75, 3.05) is 44.6 Å². The quantitative estimate of drug-likeness (QED) is 0.626. The van der Waals surface area contributed by atoms with E-state index in [4.69, 9.17) is 0 Å². The molecule has 3 heterocycles. The average Bonchev–Trinajstić information content (AvgIpc) is 3.07. The number of anilines is 1. The molecule has 2 aliphatic heterocycles. The smallest absolute Gasteiger partial charge is 0.251 e. The minimum Gasteiger partial charge on any atom is -0.367 e. The van der Waals surface area contributed by atoms with Crippen LogP contribution >= 0.6 is 0 Å². The first-order valence-corrected chi connectivity index (χ1v) is 12.1. The van der Waals surface area contributed by atoms with Crippen molar-refractivity contribution in [2.45, 2.75) is 45.1 Å².